The summed E-state index contributed by atoms with van der Waals surface area (Å²) in [5.74, 6) is 0.486. The van der Waals surface area contributed by atoms with Crippen LogP contribution in [0.25, 0.3) is 0 Å². The number of amides is 1. The summed E-state index contributed by atoms with van der Waals surface area (Å²) in [4.78, 5) is 13.1. The lowest BCUT2D eigenvalue weighted by atomic mass is 10.3. The number of aromatic nitrogens is 4. The summed E-state index contributed by atoms with van der Waals surface area (Å²) in [6, 6.07) is 3.41. The van der Waals surface area contributed by atoms with E-state index in [2.05, 4.69) is 20.6 Å². The maximum Gasteiger partial charge on any atom is 0.273 e. The number of carbonyl (C=O) groups is 1. The third-order valence-electron chi connectivity index (χ3n) is 2.70. The Kier molecular flexibility index (Phi) is 4.29. The van der Waals surface area contributed by atoms with Crippen LogP contribution in [0.5, 0.6) is 0 Å². The largest absolute Gasteiger partial charge is 0.367 e. The van der Waals surface area contributed by atoms with Crippen LogP contribution in [0.4, 0.5) is 5.82 Å². The molecule has 0 fully saturated rings. The van der Waals surface area contributed by atoms with Gasteiger partial charge in [0.05, 0.1) is 12.7 Å². The Labute approximate surface area is 117 Å². The summed E-state index contributed by atoms with van der Waals surface area (Å²) in [6.07, 6.45) is 3.80. The van der Waals surface area contributed by atoms with Crippen molar-refractivity contribution in [3.8, 4) is 0 Å². The lowest BCUT2D eigenvalue weighted by Gasteiger charge is -2.09. The summed E-state index contributed by atoms with van der Waals surface area (Å²) in [6.45, 7) is 3.44. The summed E-state index contributed by atoms with van der Waals surface area (Å²) >= 11 is 0. The first-order chi connectivity index (χ1) is 9.56. The second-order valence-electron chi connectivity index (χ2n) is 4.71. The van der Waals surface area contributed by atoms with E-state index in [1.54, 1.807) is 26.2 Å². The van der Waals surface area contributed by atoms with Crippen molar-refractivity contribution in [3.05, 3.63) is 35.8 Å². The zero-order valence-electron chi connectivity index (χ0n) is 11.9. The number of rotatable bonds is 5. The van der Waals surface area contributed by atoms with Gasteiger partial charge < -0.3 is 10.2 Å². The Morgan fingerprint density at radius 2 is 2.15 bits per heavy atom. The molecule has 0 spiro atoms. The smallest absolute Gasteiger partial charge is 0.273 e. The Hall–Kier alpha value is -2.44. The zero-order chi connectivity index (χ0) is 14.5. The van der Waals surface area contributed by atoms with Crippen molar-refractivity contribution in [1.82, 2.24) is 24.9 Å². The minimum absolute atomic E-state index is 0.156. The van der Waals surface area contributed by atoms with Gasteiger partial charge in [0.1, 0.15) is 5.82 Å². The fraction of sp³-hybridized carbons (Fsp3) is 0.385. The van der Waals surface area contributed by atoms with Crippen LogP contribution in [-0.2, 0) is 6.54 Å². The van der Waals surface area contributed by atoms with E-state index in [1.165, 1.54) is 4.90 Å². The minimum Gasteiger partial charge on any atom is -0.367 e. The van der Waals surface area contributed by atoms with Crippen molar-refractivity contribution in [2.24, 2.45) is 0 Å². The number of hydrogen-bond donors (Lipinski definition) is 1. The molecule has 7 nitrogen and oxygen atoms in total. The van der Waals surface area contributed by atoms with Crippen LogP contribution in [0.2, 0.25) is 0 Å². The zero-order valence-corrected chi connectivity index (χ0v) is 11.9. The number of nitrogens with zero attached hydrogens (tertiary/aromatic N) is 5. The Morgan fingerprint density at radius 3 is 2.70 bits per heavy atom. The molecule has 0 aromatic carbocycles. The monoisotopic (exact) mass is 274 g/mol. The number of hydrogen-bond acceptors (Lipinski definition) is 5. The number of aryl methyl sites for hydroxylation is 1. The van der Waals surface area contributed by atoms with Gasteiger partial charge in [-0.3, -0.25) is 9.48 Å². The Bertz CT molecular complexity index is 575. The fourth-order valence-corrected chi connectivity index (χ4v) is 1.66. The lowest BCUT2D eigenvalue weighted by molar-refractivity contribution is 0.0821. The summed E-state index contributed by atoms with van der Waals surface area (Å²) in [5.41, 5.74) is 1.47. The second-order valence-corrected chi connectivity index (χ2v) is 4.71. The van der Waals surface area contributed by atoms with Gasteiger partial charge in [-0.15, -0.1) is 10.2 Å². The maximum absolute atomic E-state index is 11.6. The number of carbonyl (C=O) groups excluding carboxylic acids is 1. The van der Waals surface area contributed by atoms with E-state index in [-0.39, 0.29) is 5.91 Å². The van der Waals surface area contributed by atoms with Gasteiger partial charge in [0.25, 0.3) is 5.91 Å². The second kappa shape index (κ2) is 6.14. The van der Waals surface area contributed by atoms with Gasteiger partial charge in [0.15, 0.2) is 5.69 Å². The van der Waals surface area contributed by atoms with Crippen molar-refractivity contribution in [3.63, 3.8) is 0 Å². The van der Waals surface area contributed by atoms with E-state index in [0.717, 1.165) is 12.1 Å². The van der Waals surface area contributed by atoms with Gasteiger partial charge in [0, 0.05) is 26.8 Å². The standard InChI is InChI=1S/C13H18N6O/c1-10-8-15-19(9-10)7-6-14-12-5-4-11(16-17-12)13(20)18(2)3/h4-5,8-9H,6-7H2,1-3H3,(H,14,17). The molecule has 0 unspecified atom stereocenters. The van der Waals surface area contributed by atoms with Gasteiger partial charge in [-0.25, -0.2) is 0 Å². The van der Waals surface area contributed by atoms with Crippen LogP contribution >= 0.6 is 0 Å². The highest BCUT2D eigenvalue weighted by atomic mass is 16.2. The summed E-state index contributed by atoms with van der Waals surface area (Å²) in [5, 5.41) is 15.2. The van der Waals surface area contributed by atoms with E-state index in [1.807, 2.05) is 24.0 Å². The molecule has 7 heteroatoms. The van der Waals surface area contributed by atoms with Crippen LogP contribution in [0.1, 0.15) is 16.1 Å². The van der Waals surface area contributed by atoms with Gasteiger partial charge in [-0.1, -0.05) is 0 Å². The molecule has 2 heterocycles. The number of nitrogens with one attached hydrogen (secondary N) is 1. The van der Waals surface area contributed by atoms with Crippen molar-refractivity contribution < 1.29 is 4.79 Å². The SMILES string of the molecule is Cc1cnn(CCNc2ccc(C(=O)N(C)C)nn2)c1. The van der Waals surface area contributed by atoms with Gasteiger partial charge in [-0.2, -0.15) is 5.10 Å². The minimum atomic E-state index is -0.156. The van der Waals surface area contributed by atoms with Crippen molar-refractivity contribution in [1.29, 1.82) is 0 Å². The fourth-order valence-electron chi connectivity index (χ4n) is 1.66. The van der Waals surface area contributed by atoms with E-state index < -0.39 is 0 Å². The molecule has 0 aliphatic rings. The molecule has 0 saturated heterocycles. The molecule has 0 aliphatic carbocycles. The lowest BCUT2D eigenvalue weighted by Crippen LogP contribution is -2.23. The third kappa shape index (κ3) is 3.53. The predicted molar refractivity (Wildman–Crippen MR) is 75.5 cm³/mol. The molecule has 0 radical (unpaired) electrons. The predicted octanol–water partition coefficient (Wildman–Crippen LogP) is 0.795. The average molecular weight is 274 g/mol. The first-order valence-electron chi connectivity index (χ1n) is 6.34. The van der Waals surface area contributed by atoms with Crippen LogP contribution in [-0.4, -0.2) is 51.4 Å². The van der Waals surface area contributed by atoms with Crippen molar-refractivity contribution >= 4 is 11.7 Å². The molecular formula is C13H18N6O. The molecule has 2 rings (SSSR count). The van der Waals surface area contributed by atoms with Crippen LogP contribution < -0.4 is 5.32 Å². The van der Waals surface area contributed by atoms with E-state index in [0.29, 0.717) is 18.1 Å². The number of anilines is 1. The molecule has 0 saturated carbocycles. The quantitative estimate of drug-likeness (QED) is 0.872. The molecule has 1 N–H and O–H groups in total. The van der Waals surface area contributed by atoms with Crippen molar-refractivity contribution in [2.75, 3.05) is 26.0 Å². The molecule has 2 aromatic heterocycles. The Morgan fingerprint density at radius 1 is 1.35 bits per heavy atom. The molecular weight excluding hydrogens is 256 g/mol. The highest BCUT2D eigenvalue weighted by Gasteiger charge is 2.09. The van der Waals surface area contributed by atoms with Crippen molar-refractivity contribution in [2.45, 2.75) is 13.5 Å². The molecule has 1 amide bonds. The topological polar surface area (TPSA) is 75.9 Å². The van der Waals surface area contributed by atoms with Crippen LogP contribution in [0, 0.1) is 6.92 Å². The van der Waals surface area contributed by atoms with E-state index in [4.69, 9.17) is 0 Å². The molecule has 2 aromatic rings. The van der Waals surface area contributed by atoms with Gasteiger partial charge in [-0.05, 0) is 24.6 Å². The first-order valence-corrected chi connectivity index (χ1v) is 6.34. The van der Waals surface area contributed by atoms with Crippen LogP contribution in [0.15, 0.2) is 24.5 Å². The average Bonchev–Trinajstić information content (AvgIpc) is 2.84. The first kappa shape index (κ1) is 14.0. The van der Waals surface area contributed by atoms with E-state index >= 15 is 0 Å². The van der Waals surface area contributed by atoms with E-state index in [9.17, 15) is 4.79 Å². The molecule has 0 aliphatic heterocycles. The highest BCUT2D eigenvalue weighted by molar-refractivity contribution is 5.91. The summed E-state index contributed by atoms with van der Waals surface area (Å²) < 4.78 is 1.86. The summed E-state index contributed by atoms with van der Waals surface area (Å²) in [7, 11) is 3.37. The van der Waals surface area contributed by atoms with Gasteiger partial charge >= 0.3 is 0 Å². The molecule has 20 heavy (non-hydrogen) atoms. The van der Waals surface area contributed by atoms with Gasteiger partial charge in [0.2, 0.25) is 0 Å². The Balaban J connectivity index is 1.86. The maximum atomic E-state index is 11.6. The molecule has 106 valence electrons. The molecule has 0 atom stereocenters. The normalized spacial score (nSPS) is 10.3. The third-order valence-corrected chi connectivity index (χ3v) is 2.70. The highest BCUT2D eigenvalue weighted by Crippen LogP contribution is 2.03. The molecule has 0 bridgehead atoms. The van der Waals surface area contributed by atoms with Crippen LogP contribution in [0.3, 0.4) is 0 Å².